The Balaban J connectivity index is 0.00000364. The number of nitrogens with two attached hydrogens (primary N) is 1. The average Bonchev–Trinajstić information content (AvgIpc) is 2.67. The van der Waals surface area contributed by atoms with E-state index in [1.807, 2.05) is 37.3 Å². The smallest absolute Gasteiger partial charge is 0.251 e. The third-order valence-corrected chi connectivity index (χ3v) is 4.32. The number of aliphatic imine (C=N–C) groups is 1. The van der Waals surface area contributed by atoms with E-state index in [1.54, 1.807) is 6.07 Å². The zero-order chi connectivity index (χ0) is 18.9. The number of carbonyl (C=O) groups is 1. The minimum atomic E-state index is -0.0779. The molecule has 1 amide bonds. The number of hydrogen-bond acceptors (Lipinski definition) is 2. The summed E-state index contributed by atoms with van der Waals surface area (Å²) >= 11 is 0. The maximum Gasteiger partial charge on any atom is 0.251 e. The molecule has 4 N–H and O–H groups in total. The van der Waals surface area contributed by atoms with Crippen LogP contribution in [0.25, 0.3) is 0 Å². The van der Waals surface area contributed by atoms with Crippen molar-refractivity contribution in [3.8, 4) is 0 Å². The van der Waals surface area contributed by atoms with Gasteiger partial charge in [-0.2, -0.15) is 0 Å². The van der Waals surface area contributed by atoms with Crippen molar-refractivity contribution < 1.29 is 4.79 Å². The minimum Gasteiger partial charge on any atom is -0.370 e. The lowest BCUT2D eigenvalue weighted by Crippen LogP contribution is -2.23. The molecule has 0 aliphatic heterocycles. The van der Waals surface area contributed by atoms with Crippen LogP contribution in [0, 0.1) is 0 Å². The summed E-state index contributed by atoms with van der Waals surface area (Å²) in [7, 11) is 0. The van der Waals surface area contributed by atoms with Crippen molar-refractivity contribution in [2.24, 2.45) is 10.7 Å². The van der Waals surface area contributed by atoms with Crippen molar-refractivity contribution in [2.75, 3.05) is 11.9 Å². The lowest BCUT2D eigenvalue weighted by atomic mass is 9.99. The molecular weight excluding hydrogens is 451 g/mol. The summed E-state index contributed by atoms with van der Waals surface area (Å²) in [4.78, 5) is 16.3. The van der Waals surface area contributed by atoms with Gasteiger partial charge in [0.05, 0.1) is 6.54 Å². The molecule has 27 heavy (non-hydrogen) atoms. The summed E-state index contributed by atoms with van der Waals surface area (Å²) < 4.78 is 0. The molecule has 0 bridgehead atoms. The number of amides is 1. The van der Waals surface area contributed by atoms with E-state index in [4.69, 9.17) is 5.73 Å². The number of benzene rings is 2. The topological polar surface area (TPSA) is 79.5 Å². The standard InChI is InChI=1S/C21H28N4O.HI/c1-4-15(3)17-9-11-19(12-10-17)25-21(22)24-14-16-7-6-8-18(13-16)20(26)23-5-2;/h6-13,15H,4-5,14H2,1-3H3,(H,23,26)(H3,22,24,25);1H. The van der Waals surface area contributed by atoms with Crippen molar-refractivity contribution in [1.29, 1.82) is 0 Å². The first-order valence-corrected chi connectivity index (χ1v) is 9.07. The quantitative estimate of drug-likeness (QED) is 0.310. The molecule has 0 aliphatic rings. The van der Waals surface area contributed by atoms with Gasteiger partial charge in [0.2, 0.25) is 0 Å². The zero-order valence-corrected chi connectivity index (χ0v) is 18.5. The van der Waals surface area contributed by atoms with Gasteiger partial charge in [0.1, 0.15) is 0 Å². The highest BCUT2D eigenvalue weighted by Crippen LogP contribution is 2.20. The largest absolute Gasteiger partial charge is 0.370 e. The SMILES string of the molecule is CCNC(=O)c1cccc(CN=C(N)Nc2ccc(C(C)CC)cc2)c1.I. The summed E-state index contributed by atoms with van der Waals surface area (Å²) in [6.07, 6.45) is 1.12. The van der Waals surface area contributed by atoms with Gasteiger partial charge in [-0.05, 0) is 54.7 Å². The van der Waals surface area contributed by atoms with Gasteiger partial charge in [0, 0.05) is 17.8 Å². The predicted octanol–water partition coefficient (Wildman–Crippen LogP) is 4.49. The van der Waals surface area contributed by atoms with E-state index >= 15 is 0 Å². The maximum atomic E-state index is 11.9. The van der Waals surface area contributed by atoms with Crippen LogP contribution in [0.3, 0.4) is 0 Å². The third-order valence-electron chi connectivity index (χ3n) is 4.32. The number of anilines is 1. The molecule has 0 radical (unpaired) electrons. The minimum absolute atomic E-state index is 0. The van der Waals surface area contributed by atoms with Crippen molar-refractivity contribution in [2.45, 2.75) is 39.7 Å². The second-order valence-electron chi connectivity index (χ2n) is 6.32. The Bertz CT molecular complexity index is 759. The normalized spacial score (nSPS) is 12.0. The van der Waals surface area contributed by atoms with E-state index in [1.165, 1.54) is 5.56 Å². The van der Waals surface area contributed by atoms with Crippen molar-refractivity contribution in [1.82, 2.24) is 5.32 Å². The van der Waals surface area contributed by atoms with Crippen molar-refractivity contribution in [3.63, 3.8) is 0 Å². The van der Waals surface area contributed by atoms with E-state index in [9.17, 15) is 4.79 Å². The van der Waals surface area contributed by atoms with E-state index in [0.29, 0.717) is 30.5 Å². The summed E-state index contributed by atoms with van der Waals surface area (Å²) in [6, 6.07) is 15.7. The van der Waals surface area contributed by atoms with Gasteiger partial charge in [-0.25, -0.2) is 4.99 Å². The highest BCUT2D eigenvalue weighted by molar-refractivity contribution is 14.0. The highest BCUT2D eigenvalue weighted by atomic mass is 127. The first kappa shape index (κ1) is 23.0. The number of nitrogens with one attached hydrogen (secondary N) is 2. The van der Waals surface area contributed by atoms with Crippen LogP contribution < -0.4 is 16.4 Å². The first-order chi connectivity index (χ1) is 12.5. The van der Waals surface area contributed by atoms with Crippen molar-refractivity contribution >= 4 is 41.5 Å². The molecule has 2 aromatic carbocycles. The zero-order valence-electron chi connectivity index (χ0n) is 16.2. The number of guanidine groups is 1. The van der Waals surface area contributed by atoms with E-state index in [0.717, 1.165) is 17.7 Å². The fraction of sp³-hybridized carbons (Fsp3) is 0.333. The van der Waals surface area contributed by atoms with Gasteiger partial charge in [-0.1, -0.05) is 38.1 Å². The Morgan fingerprint density at radius 1 is 1.15 bits per heavy atom. The van der Waals surface area contributed by atoms with Gasteiger partial charge >= 0.3 is 0 Å². The van der Waals surface area contributed by atoms with Gasteiger partial charge in [-0.3, -0.25) is 4.79 Å². The molecule has 2 rings (SSSR count). The van der Waals surface area contributed by atoms with Crippen LogP contribution in [0.5, 0.6) is 0 Å². The summed E-state index contributed by atoms with van der Waals surface area (Å²) in [5, 5.41) is 5.89. The van der Waals surface area contributed by atoms with Crippen LogP contribution in [0.15, 0.2) is 53.5 Å². The monoisotopic (exact) mass is 480 g/mol. The number of hydrogen-bond donors (Lipinski definition) is 3. The Hall–Kier alpha value is -2.09. The fourth-order valence-corrected chi connectivity index (χ4v) is 2.57. The molecule has 0 heterocycles. The molecule has 0 saturated carbocycles. The number of nitrogens with zero attached hydrogens (tertiary/aromatic N) is 1. The molecule has 1 atom stereocenters. The third kappa shape index (κ3) is 7.21. The van der Waals surface area contributed by atoms with Crippen molar-refractivity contribution in [3.05, 3.63) is 65.2 Å². The maximum absolute atomic E-state index is 11.9. The van der Waals surface area contributed by atoms with Crippen LogP contribution in [0.1, 0.15) is 54.6 Å². The van der Waals surface area contributed by atoms with Gasteiger partial charge in [-0.15, -0.1) is 24.0 Å². The molecule has 146 valence electrons. The fourth-order valence-electron chi connectivity index (χ4n) is 2.57. The number of carbonyl (C=O) groups excluding carboxylic acids is 1. The molecule has 6 heteroatoms. The second-order valence-corrected chi connectivity index (χ2v) is 6.32. The van der Waals surface area contributed by atoms with Crippen LogP contribution in [-0.2, 0) is 6.54 Å². The molecule has 0 aliphatic carbocycles. The molecule has 2 aromatic rings. The second kappa shape index (κ2) is 11.6. The predicted molar refractivity (Wildman–Crippen MR) is 124 cm³/mol. The Morgan fingerprint density at radius 3 is 2.48 bits per heavy atom. The molecule has 0 saturated heterocycles. The summed E-state index contributed by atoms with van der Waals surface area (Å²) in [5.41, 5.74) is 9.78. The van der Waals surface area contributed by atoms with Crippen LogP contribution >= 0.6 is 24.0 Å². The van der Waals surface area contributed by atoms with Crippen LogP contribution in [-0.4, -0.2) is 18.4 Å². The summed E-state index contributed by atoms with van der Waals surface area (Å²) in [5.74, 6) is 0.822. The highest BCUT2D eigenvalue weighted by Gasteiger charge is 2.05. The van der Waals surface area contributed by atoms with E-state index in [-0.39, 0.29) is 29.9 Å². The Kier molecular flexibility index (Phi) is 9.85. The molecule has 0 aromatic heterocycles. The van der Waals surface area contributed by atoms with Crippen LogP contribution in [0.2, 0.25) is 0 Å². The lowest BCUT2D eigenvalue weighted by molar-refractivity contribution is 0.0955. The first-order valence-electron chi connectivity index (χ1n) is 9.07. The average molecular weight is 480 g/mol. The van der Waals surface area contributed by atoms with Gasteiger partial charge < -0.3 is 16.4 Å². The molecule has 0 fully saturated rings. The number of rotatable bonds is 7. The van der Waals surface area contributed by atoms with E-state index < -0.39 is 0 Å². The Labute approximate surface area is 178 Å². The summed E-state index contributed by atoms with van der Waals surface area (Å²) in [6.45, 7) is 7.31. The molecule has 0 spiro atoms. The molecule has 5 nitrogen and oxygen atoms in total. The van der Waals surface area contributed by atoms with E-state index in [2.05, 4.69) is 41.6 Å². The molecular formula is C21H29IN4O. The lowest BCUT2D eigenvalue weighted by Gasteiger charge is -2.11. The van der Waals surface area contributed by atoms with Gasteiger partial charge in [0.25, 0.3) is 5.91 Å². The number of halogens is 1. The van der Waals surface area contributed by atoms with Gasteiger partial charge in [0.15, 0.2) is 5.96 Å². The Morgan fingerprint density at radius 2 is 1.85 bits per heavy atom. The molecule has 1 unspecified atom stereocenters. The van der Waals surface area contributed by atoms with Crippen LogP contribution in [0.4, 0.5) is 5.69 Å².